The SMILES string of the molecule is Bc1cc(N)c2c(=O)n(C3C(=O)NC(=O)CC3B)c(C)nc2c1. The second-order valence-corrected chi connectivity index (χ2v) is 6.12. The topological polar surface area (TPSA) is 107 Å². The lowest BCUT2D eigenvalue weighted by Gasteiger charge is -2.30. The average molecular weight is 310 g/mol. The molecule has 0 saturated carbocycles. The highest BCUT2D eigenvalue weighted by Gasteiger charge is 2.36. The van der Waals surface area contributed by atoms with Crippen molar-refractivity contribution in [2.45, 2.75) is 25.2 Å². The van der Waals surface area contributed by atoms with Crippen molar-refractivity contribution in [1.82, 2.24) is 14.9 Å². The van der Waals surface area contributed by atoms with Gasteiger partial charge in [0.25, 0.3) is 5.56 Å². The van der Waals surface area contributed by atoms with E-state index in [4.69, 9.17) is 5.73 Å². The number of hydrogen-bond donors (Lipinski definition) is 2. The molecule has 0 aliphatic carbocycles. The van der Waals surface area contributed by atoms with Crippen molar-refractivity contribution in [3.8, 4) is 0 Å². The number of rotatable bonds is 1. The van der Waals surface area contributed by atoms with Gasteiger partial charge < -0.3 is 5.73 Å². The summed E-state index contributed by atoms with van der Waals surface area (Å²) in [5, 5.41) is 2.59. The van der Waals surface area contributed by atoms with Gasteiger partial charge in [0, 0.05) is 12.1 Å². The summed E-state index contributed by atoms with van der Waals surface area (Å²) >= 11 is 0. The molecule has 7 nitrogen and oxygen atoms in total. The number of benzene rings is 1. The minimum absolute atomic E-state index is 0.184. The summed E-state index contributed by atoms with van der Waals surface area (Å²) < 4.78 is 1.35. The number of nitrogens with zero attached hydrogens (tertiary/aromatic N) is 2. The summed E-state index contributed by atoms with van der Waals surface area (Å²) in [5.74, 6) is -0.674. The normalized spacial score (nSPS) is 21.4. The Hall–Kier alpha value is -2.57. The van der Waals surface area contributed by atoms with Crippen LogP contribution in [0.1, 0.15) is 18.3 Å². The fraction of sp³-hybridized carbons (Fsp3) is 0.286. The molecule has 2 atom stereocenters. The zero-order valence-corrected chi connectivity index (χ0v) is 13.2. The summed E-state index contributed by atoms with van der Waals surface area (Å²) in [6.07, 6.45) is 0.184. The number of carbonyl (C=O) groups is 2. The first-order chi connectivity index (χ1) is 10.8. The average Bonchev–Trinajstić information content (AvgIpc) is 2.39. The van der Waals surface area contributed by atoms with Gasteiger partial charge in [-0.1, -0.05) is 5.46 Å². The van der Waals surface area contributed by atoms with Crippen molar-refractivity contribution >= 4 is 49.6 Å². The molecular formula is C14H16B2N4O3. The largest absolute Gasteiger partial charge is 0.398 e. The van der Waals surface area contributed by atoms with Crippen LogP contribution in [0.3, 0.4) is 0 Å². The highest BCUT2D eigenvalue weighted by molar-refractivity contribution is 6.33. The first-order valence-electron chi connectivity index (χ1n) is 7.42. The third-order valence-corrected chi connectivity index (χ3v) is 4.21. The zero-order chi connectivity index (χ0) is 16.9. The van der Waals surface area contributed by atoms with Crippen LogP contribution in [-0.2, 0) is 9.59 Å². The number of piperidine rings is 1. The number of imide groups is 1. The molecule has 116 valence electrons. The van der Waals surface area contributed by atoms with Gasteiger partial charge in [0.15, 0.2) is 0 Å². The van der Waals surface area contributed by atoms with Gasteiger partial charge in [-0.3, -0.25) is 24.3 Å². The van der Waals surface area contributed by atoms with Crippen LogP contribution in [0.15, 0.2) is 16.9 Å². The molecule has 1 aliphatic rings. The van der Waals surface area contributed by atoms with E-state index in [2.05, 4.69) is 10.3 Å². The van der Waals surface area contributed by atoms with Gasteiger partial charge in [0.1, 0.15) is 27.6 Å². The molecule has 23 heavy (non-hydrogen) atoms. The summed E-state index contributed by atoms with van der Waals surface area (Å²) in [6.45, 7) is 1.68. The maximum absolute atomic E-state index is 12.9. The Labute approximate surface area is 134 Å². The predicted molar refractivity (Wildman–Crippen MR) is 92.4 cm³/mol. The molecule has 9 heteroatoms. The summed E-state index contributed by atoms with van der Waals surface area (Å²) in [4.78, 5) is 41.1. The maximum atomic E-state index is 12.9. The van der Waals surface area contributed by atoms with Gasteiger partial charge in [-0.25, -0.2) is 4.98 Å². The fourth-order valence-corrected chi connectivity index (χ4v) is 3.24. The molecule has 0 spiro atoms. The molecule has 2 amide bonds. The smallest absolute Gasteiger partial charge is 0.264 e. The summed E-state index contributed by atoms with van der Waals surface area (Å²) in [5.41, 5.74) is 7.40. The van der Waals surface area contributed by atoms with E-state index in [-0.39, 0.29) is 23.7 Å². The van der Waals surface area contributed by atoms with Crippen LogP contribution < -0.4 is 22.1 Å². The highest BCUT2D eigenvalue weighted by atomic mass is 16.2. The third-order valence-electron chi connectivity index (χ3n) is 4.21. The Bertz CT molecular complexity index is 909. The van der Waals surface area contributed by atoms with E-state index < -0.39 is 11.9 Å². The van der Waals surface area contributed by atoms with Gasteiger partial charge in [0.05, 0.1) is 10.9 Å². The minimum Gasteiger partial charge on any atom is -0.398 e. The van der Waals surface area contributed by atoms with E-state index in [9.17, 15) is 14.4 Å². The van der Waals surface area contributed by atoms with E-state index in [0.29, 0.717) is 22.4 Å². The van der Waals surface area contributed by atoms with Crippen molar-refractivity contribution in [2.75, 3.05) is 5.73 Å². The number of fused-ring (bicyclic) bond motifs is 1. The molecule has 3 rings (SSSR count). The standard InChI is InChI=1S/C14H16B2N4O3/c1-5-18-9-3-6(15)2-8(17)11(9)14(23)20(5)12-7(16)4-10(21)19-13(12)22/h2-3,7,12H,4,15-17H2,1H3,(H,19,21,22). The molecule has 1 aliphatic heterocycles. The zero-order valence-electron chi connectivity index (χ0n) is 13.2. The van der Waals surface area contributed by atoms with Gasteiger partial charge in [-0.15, -0.1) is 0 Å². The second-order valence-electron chi connectivity index (χ2n) is 6.12. The van der Waals surface area contributed by atoms with E-state index in [1.54, 1.807) is 26.9 Å². The van der Waals surface area contributed by atoms with Crippen LogP contribution in [0.5, 0.6) is 0 Å². The van der Waals surface area contributed by atoms with E-state index >= 15 is 0 Å². The van der Waals surface area contributed by atoms with Crippen molar-refractivity contribution in [3.63, 3.8) is 0 Å². The quantitative estimate of drug-likeness (QED) is 0.346. The molecule has 2 unspecified atom stereocenters. The molecular weight excluding hydrogens is 294 g/mol. The monoisotopic (exact) mass is 310 g/mol. The first-order valence-corrected chi connectivity index (χ1v) is 7.42. The Morgan fingerprint density at radius 3 is 2.70 bits per heavy atom. The number of aryl methyl sites for hydroxylation is 1. The van der Waals surface area contributed by atoms with Crippen LogP contribution in [-0.4, -0.2) is 37.1 Å². The maximum Gasteiger partial charge on any atom is 0.264 e. The van der Waals surface area contributed by atoms with Gasteiger partial charge in [-0.05, 0) is 24.9 Å². The van der Waals surface area contributed by atoms with Crippen LogP contribution in [0.4, 0.5) is 5.69 Å². The molecule has 1 aromatic carbocycles. The van der Waals surface area contributed by atoms with E-state index in [0.717, 1.165) is 5.46 Å². The van der Waals surface area contributed by atoms with Gasteiger partial charge in [-0.2, -0.15) is 0 Å². The third kappa shape index (κ3) is 2.42. The number of anilines is 1. The van der Waals surface area contributed by atoms with Crippen molar-refractivity contribution in [1.29, 1.82) is 0 Å². The van der Waals surface area contributed by atoms with Crippen LogP contribution in [0.25, 0.3) is 10.9 Å². The number of hydrogen-bond acceptors (Lipinski definition) is 5. The van der Waals surface area contributed by atoms with Crippen LogP contribution >= 0.6 is 0 Å². The van der Waals surface area contributed by atoms with Crippen LogP contribution in [0, 0.1) is 6.92 Å². The van der Waals surface area contributed by atoms with E-state index in [1.807, 2.05) is 7.85 Å². The Morgan fingerprint density at radius 1 is 1.35 bits per heavy atom. The van der Waals surface area contributed by atoms with Gasteiger partial charge in [0.2, 0.25) is 11.8 Å². The van der Waals surface area contributed by atoms with Crippen LogP contribution in [0.2, 0.25) is 5.82 Å². The van der Waals surface area contributed by atoms with Crippen molar-refractivity contribution in [3.05, 3.63) is 28.3 Å². The summed E-state index contributed by atoms with van der Waals surface area (Å²) in [6, 6.07) is 2.73. The lowest BCUT2D eigenvalue weighted by atomic mass is 9.75. The summed E-state index contributed by atoms with van der Waals surface area (Å²) in [7, 11) is 3.65. The molecule has 2 aromatic rings. The van der Waals surface area contributed by atoms with Crippen molar-refractivity contribution < 1.29 is 9.59 Å². The molecule has 0 radical (unpaired) electrons. The minimum atomic E-state index is -0.766. The Kier molecular flexibility index (Phi) is 3.50. The molecule has 1 saturated heterocycles. The predicted octanol–water partition coefficient (Wildman–Crippen LogP) is -2.45. The number of nitrogens with two attached hydrogens (primary N) is 1. The Morgan fingerprint density at radius 2 is 2.04 bits per heavy atom. The van der Waals surface area contributed by atoms with Gasteiger partial charge >= 0.3 is 0 Å². The van der Waals surface area contributed by atoms with Crippen molar-refractivity contribution in [2.24, 2.45) is 0 Å². The number of nitrogens with one attached hydrogen (secondary N) is 1. The number of nitrogen functional groups attached to an aromatic ring is 1. The molecule has 2 heterocycles. The lowest BCUT2D eigenvalue weighted by Crippen LogP contribution is -2.48. The fourth-order valence-electron chi connectivity index (χ4n) is 3.24. The molecule has 3 N–H and O–H groups in total. The molecule has 1 aromatic heterocycles. The molecule has 1 fully saturated rings. The second kappa shape index (κ2) is 5.26. The number of amides is 2. The first kappa shape index (κ1) is 15.3. The molecule has 0 bridgehead atoms. The number of carbonyl (C=O) groups excluding carboxylic acids is 2. The Balaban J connectivity index is 2.28. The van der Waals surface area contributed by atoms with E-state index in [1.165, 1.54) is 4.57 Å². The highest BCUT2D eigenvalue weighted by Crippen LogP contribution is 2.28. The number of aromatic nitrogens is 2. The lowest BCUT2D eigenvalue weighted by molar-refractivity contribution is -0.135.